The van der Waals surface area contributed by atoms with E-state index in [1.54, 1.807) is 0 Å². The van der Waals surface area contributed by atoms with Crippen LogP contribution in [0.15, 0.2) is 0 Å². The lowest BCUT2D eigenvalue weighted by molar-refractivity contribution is 0.0106. The Balaban J connectivity index is 1.66. The van der Waals surface area contributed by atoms with Crippen molar-refractivity contribution in [1.29, 1.82) is 0 Å². The average Bonchev–Trinajstić information content (AvgIpc) is 2.32. The minimum Gasteiger partial charge on any atom is -0.378 e. The molecule has 0 saturated carbocycles. The van der Waals surface area contributed by atoms with Crippen LogP contribution in [0, 0.1) is 5.41 Å². The fourth-order valence-corrected chi connectivity index (χ4v) is 4.37. The Labute approximate surface area is 110 Å². The Morgan fingerprint density at radius 3 is 2.94 bits per heavy atom. The first-order valence-corrected chi connectivity index (χ1v) is 8.27. The highest BCUT2D eigenvalue weighted by molar-refractivity contribution is 7.99. The molecule has 2 fully saturated rings. The number of hydrogen-bond acceptors (Lipinski definition) is 3. The molecule has 2 aliphatic heterocycles. The van der Waals surface area contributed by atoms with Gasteiger partial charge in [0.15, 0.2) is 0 Å². The van der Waals surface area contributed by atoms with E-state index in [-0.39, 0.29) is 0 Å². The Kier molecular flexibility index (Phi) is 5.19. The van der Waals surface area contributed by atoms with E-state index in [0.717, 1.165) is 13.2 Å². The number of hydrogen-bond donors (Lipinski definition) is 1. The third kappa shape index (κ3) is 4.15. The molecule has 0 radical (unpaired) electrons. The second-order valence-corrected chi connectivity index (χ2v) is 7.25. The molecule has 2 unspecified atom stereocenters. The van der Waals surface area contributed by atoms with Crippen LogP contribution in [0.2, 0.25) is 0 Å². The van der Waals surface area contributed by atoms with Gasteiger partial charge in [-0.15, -0.1) is 0 Å². The molecule has 0 aromatic rings. The number of nitrogens with one attached hydrogen (secondary N) is 1. The summed E-state index contributed by atoms with van der Waals surface area (Å²) in [6.07, 6.45) is 6.94. The fourth-order valence-electron chi connectivity index (χ4n) is 2.73. The van der Waals surface area contributed by atoms with Crippen LogP contribution in [0.5, 0.6) is 0 Å². The van der Waals surface area contributed by atoms with Gasteiger partial charge in [-0.05, 0) is 49.8 Å². The molecule has 100 valence electrons. The first kappa shape index (κ1) is 13.7. The summed E-state index contributed by atoms with van der Waals surface area (Å²) in [6.45, 7) is 6.91. The van der Waals surface area contributed by atoms with E-state index in [9.17, 15) is 0 Å². The van der Waals surface area contributed by atoms with E-state index in [2.05, 4.69) is 30.9 Å². The lowest BCUT2D eigenvalue weighted by Crippen LogP contribution is -2.47. The third-order valence-electron chi connectivity index (χ3n) is 4.25. The molecule has 1 N–H and O–H groups in total. The summed E-state index contributed by atoms with van der Waals surface area (Å²) in [5.41, 5.74) is 0.471. The minimum atomic E-state index is 0.471. The molecule has 17 heavy (non-hydrogen) atoms. The monoisotopic (exact) mass is 257 g/mol. The summed E-state index contributed by atoms with van der Waals surface area (Å²) in [5, 5.41) is 3.76. The van der Waals surface area contributed by atoms with E-state index in [1.807, 2.05) is 0 Å². The standard InChI is InChI=1S/C14H27NOS/c1-14(2)7-10-17-11-13(14)15-8-6-12-5-3-4-9-16-12/h12-13,15H,3-11H2,1-2H3. The van der Waals surface area contributed by atoms with Crippen molar-refractivity contribution in [2.75, 3.05) is 24.7 Å². The number of rotatable bonds is 4. The lowest BCUT2D eigenvalue weighted by Gasteiger charge is -2.39. The summed E-state index contributed by atoms with van der Waals surface area (Å²) in [4.78, 5) is 0. The van der Waals surface area contributed by atoms with E-state index < -0.39 is 0 Å². The highest BCUT2D eigenvalue weighted by Gasteiger charge is 2.32. The minimum absolute atomic E-state index is 0.471. The van der Waals surface area contributed by atoms with Crippen molar-refractivity contribution in [1.82, 2.24) is 5.32 Å². The van der Waals surface area contributed by atoms with E-state index in [0.29, 0.717) is 17.6 Å². The van der Waals surface area contributed by atoms with Crippen LogP contribution in [0.3, 0.4) is 0 Å². The van der Waals surface area contributed by atoms with Crippen molar-refractivity contribution in [3.05, 3.63) is 0 Å². The summed E-state index contributed by atoms with van der Waals surface area (Å²) in [6, 6.07) is 0.685. The average molecular weight is 257 g/mol. The molecular weight excluding hydrogens is 230 g/mol. The fraction of sp³-hybridized carbons (Fsp3) is 1.00. The van der Waals surface area contributed by atoms with E-state index in [4.69, 9.17) is 4.74 Å². The quantitative estimate of drug-likeness (QED) is 0.836. The molecule has 2 aliphatic rings. The zero-order valence-electron chi connectivity index (χ0n) is 11.3. The van der Waals surface area contributed by atoms with Gasteiger partial charge in [0.2, 0.25) is 0 Å². The summed E-state index contributed by atoms with van der Waals surface area (Å²) in [7, 11) is 0. The van der Waals surface area contributed by atoms with Gasteiger partial charge in [0.25, 0.3) is 0 Å². The zero-order valence-corrected chi connectivity index (χ0v) is 12.2. The van der Waals surface area contributed by atoms with Crippen molar-refractivity contribution >= 4 is 11.8 Å². The lowest BCUT2D eigenvalue weighted by atomic mass is 9.82. The third-order valence-corrected chi connectivity index (χ3v) is 5.31. The topological polar surface area (TPSA) is 21.3 Å². The number of thioether (sulfide) groups is 1. The van der Waals surface area contributed by atoms with Gasteiger partial charge in [0.05, 0.1) is 6.10 Å². The van der Waals surface area contributed by atoms with Crippen LogP contribution in [0.25, 0.3) is 0 Å². The number of ether oxygens (including phenoxy) is 1. The molecule has 2 nitrogen and oxygen atoms in total. The SMILES string of the molecule is CC1(C)CCSCC1NCCC1CCCCO1. The Bertz CT molecular complexity index is 226. The molecule has 0 bridgehead atoms. The van der Waals surface area contributed by atoms with Gasteiger partial charge >= 0.3 is 0 Å². The molecule has 2 heterocycles. The summed E-state index contributed by atoms with van der Waals surface area (Å²) >= 11 is 2.10. The first-order chi connectivity index (χ1) is 8.18. The molecule has 0 aromatic heterocycles. The highest BCUT2D eigenvalue weighted by Crippen LogP contribution is 2.34. The van der Waals surface area contributed by atoms with Crippen molar-refractivity contribution in [3.63, 3.8) is 0 Å². The molecule has 2 atom stereocenters. The summed E-state index contributed by atoms with van der Waals surface area (Å²) in [5.74, 6) is 2.61. The molecule has 0 spiro atoms. The zero-order chi connectivity index (χ0) is 12.1. The van der Waals surface area contributed by atoms with Crippen LogP contribution in [-0.2, 0) is 4.74 Å². The van der Waals surface area contributed by atoms with E-state index >= 15 is 0 Å². The molecule has 3 heteroatoms. The smallest absolute Gasteiger partial charge is 0.0587 e. The van der Waals surface area contributed by atoms with Crippen LogP contribution < -0.4 is 5.32 Å². The Morgan fingerprint density at radius 1 is 1.35 bits per heavy atom. The maximum absolute atomic E-state index is 5.77. The van der Waals surface area contributed by atoms with Crippen LogP contribution in [0.4, 0.5) is 0 Å². The largest absolute Gasteiger partial charge is 0.378 e. The second kappa shape index (κ2) is 6.44. The van der Waals surface area contributed by atoms with Gasteiger partial charge in [0, 0.05) is 18.4 Å². The van der Waals surface area contributed by atoms with Gasteiger partial charge in [0.1, 0.15) is 0 Å². The van der Waals surface area contributed by atoms with Crippen molar-refractivity contribution in [2.24, 2.45) is 5.41 Å². The summed E-state index contributed by atoms with van der Waals surface area (Å²) < 4.78 is 5.77. The molecule has 2 saturated heterocycles. The van der Waals surface area contributed by atoms with Crippen LogP contribution >= 0.6 is 11.8 Å². The van der Waals surface area contributed by atoms with Gasteiger partial charge in [-0.3, -0.25) is 0 Å². The maximum atomic E-state index is 5.77. The molecule has 0 amide bonds. The van der Waals surface area contributed by atoms with Gasteiger partial charge in [-0.2, -0.15) is 11.8 Å². The predicted molar refractivity (Wildman–Crippen MR) is 75.7 cm³/mol. The molecule has 0 aliphatic carbocycles. The highest BCUT2D eigenvalue weighted by atomic mass is 32.2. The van der Waals surface area contributed by atoms with Crippen molar-refractivity contribution in [3.8, 4) is 0 Å². The van der Waals surface area contributed by atoms with Crippen molar-refractivity contribution < 1.29 is 4.74 Å². The van der Waals surface area contributed by atoms with Gasteiger partial charge in [-0.25, -0.2) is 0 Å². The van der Waals surface area contributed by atoms with Crippen molar-refractivity contribution in [2.45, 2.75) is 58.1 Å². The van der Waals surface area contributed by atoms with Gasteiger partial charge < -0.3 is 10.1 Å². The molecular formula is C14H27NOS. The van der Waals surface area contributed by atoms with E-state index in [1.165, 1.54) is 43.6 Å². The molecule has 2 rings (SSSR count). The van der Waals surface area contributed by atoms with Gasteiger partial charge in [-0.1, -0.05) is 13.8 Å². The second-order valence-electron chi connectivity index (χ2n) is 6.10. The first-order valence-electron chi connectivity index (χ1n) is 7.11. The van der Waals surface area contributed by atoms with Crippen LogP contribution in [0.1, 0.15) is 46.0 Å². The Hall–Kier alpha value is 0.270. The molecule has 0 aromatic carbocycles. The van der Waals surface area contributed by atoms with Crippen LogP contribution in [-0.4, -0.2) is 36.8 Å². The predicted octanol–water partition coefficient (Wildman–Crippen LogP) is 3.07. The maximum Gasteiger partial charge on any atom is 0.0587 e. The normalized spacial score (nSPS) is 33.5. The Morgan fingerprint density at radius 2 is 2.24 bits per heavy atom.